The predicted molar refractivity (Wildman–Crippen MR) is 79.9 cm³/mol. The Hall–Kier alpha value is -2.14. The summed E-state index contributed by atoms with van der Waals surface area (Å²) in [5, 5.41) is 0. The van der Waals surface area contributed by atoms with E-state index < -0.39 is 0 Å². The highest BCUT2D eigenvalue weighted by Gasteiger charge is 2.11. The van der Waals surface area contributed by atoms with Crippen molar-refractivity contribution in [2.24, 2.45) is 5.84 Å². The van der Waals surface area contributed by atoms with Crippen LogP contribution in [0.4, 0.5) is 5.82 Å². The molecule has 0 aliphatic rings. The van der Waals surface area contributed by atoms with Gasteiger partial charge in [0, 0.05) is 0 Å². The molecule has 0 spiro atoms. The third-order valence-corrected chi connectivity index (χ3v) is 3.26. The number of benzene rings is 1. The van der Waals surface area contributed by atoms with Gasteiger partial charge < -0.3 is 10.2 Å². The maximum atomic E-state index is 5.93. The van der Waals surface area contributed by atoms with Crippen LogP contribution in [0.2, 0.25) is 0 Å². The van der Waals surface area contributed by atoms with Crippen molar-refractivity contribution in [3.05, 3.63) is 41.2 Å². The maximum Gasteiger partial charge on any atom is 0.227 e. The Morgan fingerprint density at radius 2 is 1.95 bits per heavy atom. The summed E-state index contributed by atoms with van der Waals surface area (Å²) in [4.78, 5) is 8.21. The van der Waals surface area contributed by atoms with E-state index in [2.05, 4.69) is 47.4 Å². The van der Waals surface area contributed by atoms with E-state index in [1.807, 2.05) is 13.8 Å². The highest BCUT2D eigenvalue weighted by molar-refractivity contribution is 5.49. The standard InChI is InChI=1S/C15H20N4O/c1-9(2)12-6-5-10(3)13(7-12)20-15-11(4)14(19-16)17-8-18-15/h5-9H,16H2,1-4H3,(H,17,18,19). The van der Waals surface area contributed by atoms with Gasteiger partial charge >= 0.3 is 0 Å². The largest absolute Gasteiger partial charge is 0.438 e. The van der Waals surface area contributed by atoms with Crippen LogP contribution >= 0.6 is 0 Å². The molecule has 2 rings (SSSR count). The summed E-state index contributed by atoms with van der Waals surface area (Å²) in [6.07, 6.45) is 1.43. The fraction of sp³-hybridized carbons (Fsp3) is 0.333. The number of hydrogen-bond donors (Lipinski definition) is 2. The molecule has 0 radical (unpaired) electrons. The smallest absolute Gasteiger partial charge is 0.227 e. The molecule has 0 amide bonds. The molecule has 5 heteroatoms. The van der Waals surface area contributed by atoms with E-state index in [0.717, 1.165) is 16.9 Å². The molecule has 0 saturated carbocycles. The van der Waals surface area contributed by atoms with Gasteiger partial charge in [0.05, 0.1) is 5.56 Å². The van der Waals surface area contributed by atoms with Gasteiger partial charge in [-0.15, -0.1) is 0 Å². The summed E-state index contributed by atoms with van der Waals surface area (Å²) in [5.74, 6) is 7.74. The van der Waals surface area contributed by atoms with Crippen molar-refractivity contribution in [3.63, 3.8) is 0 Å². The minimum Gasteiger partial charge on any atom is -0.438 e. The Morgan fingerprint density at radius 1 is 1.20 bits per heavy atom. The molecular weight excluding hydrogens is 252 g/mol. The molecule has 2 aromatic rings. The normalized spacial score (nSPS) is 10.7. The van der Waals surface area contributed by atoms with Crippen molar-refractivity contribution in [2.45, 2.75) is 33.6 Å². The summed E-state index contributed by atoms with van der Waals surface area (Å²) in [6.45, 7) is 8.19. The van der Waals surface area contributed by atoms with Gasteiger partial charge in [-0.1, -0.05) is 26.0 Å². The van der Waals surface area contributed by atoms with Gasteiger partial charge in [-0.2, -0.15) is 0 Å². The van der Waals surface area contributed by atoms with E-state index in [0.29, 0.717) is 17.6 Å². The van der Waals surface area contributed by atoms with Gasteiger partial charge in [0.15, 0.2) is 0 Å². The van der Waals surface area contributed by atoms with E-state index in [1.165, 1.54) is 11.9 Å². The first-order valence-electron chi connectivity index (χ1n) is 6.59. The number of nitrogens with one attached hydrogen (secondary N) is 1. The molecule has 0 unspecified atom stereocenters. The number of hydrogen-bond acceptors (Lipinski definition) is 5. The Labute approximate surface area is 119 Å². The molecule has 0 atom stereocenters. The van der Waals surface area contributed by atoms with Gasteiger partial charge in [0.1, 0.15) is 17.9 Å². The summed E-state index contributed by atoms with van der Waals surface area (Å²) >= 11 is 0. The van der Waals surface area contributed by atoms with Gasteiger partial charge in [-0.3, -0.25) is 0 Å². The Morgan fingerprint density at radius 3 is 2.60 bits per heavy atom. The minimum absolute atomic E-state index is 0.450. The average molecular weight is 272 g/mol. The molecule has 1 aromatic carbocycles. The maximum absolute atomic E-state index is 5.93. The number of rotatable bonds is 4. The van der Waals surface area contributed by atoms with Crippen LogP contribution in [0.5, 0.6) is 11.6 Å². The zero-order valence-electron chi connectivity index (χ0n) is 12.3. The lowest BCUT2D eigenvalue weighted by Gasteiger charge is -2.14. The number of hydrazine groups is 1. The number of ether oxygens (including phenoxy) is 1. The highest BCUT2D eigenvalue weighted by atomic mass is 16.5. The van der Waals surface area contributed by atoms with Crippen LogP contribution in [0.15, 0.2) is 24.5 Å². The summed E-state index contributed by atoms with van der Waals surface area (Å²) in [7, 11) is 0. The first-order valence-corrected chi connectivity index (χ1v) is 6.59. The SMILES string of the molecule is Cc1ccc(C(C)C)cc1Oc1ncnc(NN)c1C. The minimum atomic E-state index is 0.450. The molecule has 3 N–H and O–H groups in total. The van der Waals surface area contributed by atoms with Crippen molar-refractivity contribution in [1.29, 1.82) is 0 Å². The molecule has 0 fully saturated rings. The van der Waals surface area contributed by atoms with Gasteiger partial charge in [-0.25, -0.2) is 15.8 Å². The molecule has 1 aromatic heterocycles. The fourth-order valence-corrected chi connectivity index (χ4v) is 1.87. The van der Waals surface area contributed by atoms with Gasteiger partial charge in [0.2, 0.25) is 5.88 Å². The number of nitrogens with zero attached hydrogens (tertiary/aromatic N) is 2. The first kappa shape index (κ1) is 14.3. The molecule has 20 heavy (non-hydrogen) atoms. The lowest BCUT2D eigenvalue weighted by Crippen LogP contribution is -2.11. The molecule has 1 heterocycles. The highest BCUT2D eigenvalue weighted by Crippen LogP contribution is 2.30. The van der Waals surface area contributed by atoms with Crippen LogP contribution in [0.25, 0.3) is 0 Å². The van der Waals surface area contributed by atoms with E-state index in [-0.39, 0.29) is 0 Å². The second-order valence-corrected chi connectivity index (χ2v) is 5.08. The molecule has 106 valence electrons. The second-order valence-electron chi connectivity index (χ2n) is 5.08. The van der Waals surface area contributed by atoms with E-state index in [1.54, 1.807) is 0 Å². The molecule has 5 nitrogen and oxygen atoms in total. The number of nitrogen functional groups attached to an aromatic ring is 1. The third kappa shape index (κ3) is 2.88. The van der Waals surface area contributed by atoms with Crippen LogP contribution in [0.3, 0.4) is 0 Å². The van der Waals surface area contributed by atoms with Crippen LogP contribution in [-0.2, 0) is 0 Å². The lowest BCUT2D eigenvalue weighted by atomic mass is 10.0. The van der Waals surface area contributed by atoms with Gasteiger partial charge in [0.25, 0.3) is 0 Å². The summed E-state index contributed by atoms with van der Waals surface area (Å²) in [6, 6.07) is 6.23. The Kier molecular flexibility index (Phi) is 4.20. The zero-order chi connectivity index (χ0) is 14.7. The fourth-order valence-electron chi connectivity index (χ4n) is 1.87. The number of nitrogens with two attached hydrogens (primary N) is 1. The summed E-state index contributed by atoms with van der Waals surface area (Å²) < 4.78 is 5.93. The predicted octanol–water partition coefficient (Wildman–Crippen LogP) is 3.29. The number of aromatic nitrogens is 2. The number of aryl methyl sites for hydroxylation is 1. The van der Waals surface area contributed by atoms with Crippen LogP contribution in [-0.4, -0.2) is 9.97 Å². The van der Waals surface area contributed by atoms with Crippen LogP contribution in [0, 0.1) is 13.8 Å². The molecule has 0 aliphatic carbocycles. The van der Waals surface area contributed by atoms with Crippen molar-refractivity contribution in [3.8, 4) is 11.6 Å². The molecule has 0 bridgehead atoms. The zero-order valence-corrected chi connectivity index (χ0v) is 12.3. The Bertz CT molecular complexity index is 611. The van der Waals surface area contributed by atoms with Crippen molar-refractivity contribution in [2.75, 3.05) is 5.43 Å². The average Bonchev–Trinajstić information content (AvgIpc) is 2.43. The Balaban J connectivity index is 2.37. The summed E-state index contributed by atoms with van der Waals surface area (Å²) in [5.41, 5.74) is 5.61. The van der Waals surface area contributed by atoms with Gasteiger partial charge in [-0.05, 0) is 37.0 Å². The molecule has 0 aliphatic heterocycles. The van der Waals surface area contributed by atoms with E-state index >= 15 is 0 Å². The van der Waals surface area contributed by atoms with Crippen molar-refractivity contribution >= 4 is 5.82 Å². The molecular formula is C15H20N4O. The number of anilines is 1. The monoisotopic (exact) mass is 272 g/mol. The van der Waals surface area contributed by atoms with E-state index in [9.17, 15) is 0 Å². The van der Waals surface area contributed by atoms with E-state index in [4.69, 9.17) is 10.6 Å². The lowest BCUT2D eigenvalue weighted by molar-refractivity contribution is 0.453. The topological polar surface area (TPSA) is 73.1 Å². The first-order chi connectivity index (χ1) is 9.52. The third-order valence-electron chi connectivity index (χ3n) is 3.26. The quantitative estimate of drug-likeness (QED) is 0.660. The second kappa shape index (κ2) is 5.88. The van der Waals surface area contributed by atoms with Crippen LogP contribution in [0.1, 0.15) is 36.5 Å². The van der Waals surface area contributed by atoms with Crippen molar-refractivity contribution < 1.29 is 4.74 Å². The van der Waals surface area contributed by atoms with Crippen LogP contribution < -0.4 is 16.0 Å². The molecule has 0 saturated heterocycles. The van der Waals surface area contributed by atoms with Crippen molar-refractivity contribution in [1.82, 2.24) is 9.97 Å².